The van der Waals surface area contributed by atoms with Crippen LogP contribution < -0.4 is 0 Å². The molecule has 3 fully saturated rings. The minimum absolute atomic E-state index is 0.125. The van der Waals surface area contributed by atoms with Crippen LogP contribution in [0.3, 0.4) is 0 Å². The summed E-state index contributed by atoms with van der Waals surface area (Å²) in [5.74, 6) is -1.83. The fraction of sp³-hybridized carbons (Fsp3) is 0.606. The first-order valence-corrected chi connectivity index (χ1v) is 16.7. The molecule has 0 radical (unpaired) electrons. The molecule has 4 heterocycles. The van der Waals surface area contributed by atoms with Gasteiger partial charge in [0.25, 0.3) is 0 Å². The highest BCUT2D eigenvalue weighted by Gasteiger charge is 2.77. The number of allylic oxidation sites excluding steroid dienone is 1. The third-order valence-corrected chi connectivity index (χ3v) is 11.5. The van der Waals surface area contributed by atoms with Crippen molar-refractivity contribution in [1.29, 1.82) is 0 Å². The van der Waals surface area contributed by atoms with Gasteiger partial charge in [0.2, 0.25) is 11.8 Å². The van der Waals surface area contributed by atoms with Gasteiger partial charge in [-0.25, -0.2) is 4.68 Å². The molecule has 10 nitrogen and oxygen atoms in total. The van der Waals surface area contributed by atoms with E-state index in [0.717, 1.165) is 49.6 Å². The minimum Gasteiger partial charge on any atom is -0.465 e. The number of rotatable bonds is 17. The summed E-state index contributed by atoms with van der Waals surface area (Å²) in [6, 6.07) is 6.88. The number of aromatic nitrogens is 3. The van der Waals surface area contributed by atoms with E-state index in [1.165, 1.54) is 0 Å². The molecule has 1 aromatic carbocycles. The van der Waals surface area contributed by atoms with Crippen LogP contribution in [0.5, 0.6) is 0 Å². The monoisotopic (exact) mass is 623 g/mol. The van der Waals surface area contributed by atoms with E-state index in [4.69, 9.17) is 4.74 Å². The fourth-order valence-corrected chi connectivity index (χ4v) is 9.77. The molecule has 1 spiro atoms. The van der Waals surface area contributed by atoms with Gasteiger partial charge in [0.1, 0.15) is 18.2 Å². The third kappa shape index (κ3) is 5.92. The molecular weight excluding hydrogens is 578 g/mol. The number of benzene rings is 1. The lowest BCUT2D eigenvalue weighted by molar-refractivity contribution is -0.155. The number of hydrogen-bond donors (Lipinski definition) is 1. The number of likely N-dealkylation sites (tertiary alicyclic amines) is 1. The molecule has 11 heteroatoms. The molecule has 5 atom stereocenters. The zero-order valence-corrected chi connectivity index (χ0v) is 26.6. The lowest BCUT2D eigenvalue weighted by Crippen LogP contribution is -2.55. The van der Waals surface area contributed by atoms with Crippen molar-refractivity contribution in [3.63, 3.8) is 0 Å². The predicted molar refractivity (Wildman–Crippen MR) is 170 cm³/mol. The maximum atomic E-state index is 14.7. The Bertz CT molecular complexity index is 1380. The predicted octanol–water partition coefficient (Wildman–Crippen LogP) is 4.34. The highest BCUT2D eigenvalue weighted by Crippen LogP contribution is 2.71. The third-order valence-electron chi connectivity index (χ3n) is 9.50. The van der Waals surface area contributed by atoms with Crippen molar-refractivity contribution in [2.24, 2.45) is 11.8 Å². The van der Waals surface area contributed by atoms with Crippen LogP contribution in [0.4, 0.5) is 0 Å². The molecule has 3 saturated heterocycles. The summed E-state index contributed by atoms with van der Waals surface area (Å²) in [4.78, 5) is 46.2. The summed E-state index contributed by atoms with van der Waals surface area (Å²) in [6.45, 7) is 11.0. The first kappa shape index (κ1) is 32.2. The van der Waals surface area contributed by atoms with Gasteiger partial charge in [0.05, 0.1) is 28.7 Å². The van der Waals surface area contributed by atoms with Crippen molar-refractivity contribution >= 4 is 40.6 Å². The number of unbranched alkanes of at least 4 members (excludes halogenated alkanes) is 5. The Morgan fingerprint density at radius 2 is 1.93 bits per heavy atom. The van der Waals surface area contributed by atoms with E-state index in [2.05, 4.69) is 30.4 Å². The lowest BCUT2D eigenvalue weighted by Gasteiger charge is -2.37. The van der Waals surface area contributed by atoms with Crippen LogP contribution in [0.25, 0.3) is 11.0 Å². The van der Waals surface area contributed by atoms with E-state index in [-0.39, 0.29) is 37.6 Å². The maximum absolute atomic E-state index is 14.7. The number of fused-ring (bicyclic) bond motifs is 2. The van der Waals surface area contributed by atoms with Crippen LogP contribution in [0.1, 0.15) is 64.7 Å². The summed E-state index contributed by atoms with van der Waals surface area (Å²) in [5, 5.41) is 17.8. The molecule has 2 unspecified atom stereocenters. The van der Waals surface area contributed by atoms with Crippen LogP contribution in [0.2, 0.25) is 0 Å². The zero-order valence-electron chi connectivity index (χ0n) is 25.7. The van der Waals surface area contributed by atoms with Crippen LogP contribution in [0, 0.1) is 11.8 Å². The van der Waals surface area contributed by atoms with Gasteiger partial charge in [-0.3, -0.25) is 14.4 Å². The summed E-state index contributed by atoms with van der Waals surface area (Å²) in [6.07, 6.45) is 10.6. The number of amides is 2. The van der Waals surface area contributed by atoms with E-state index in [0.29, 0.717) is 32.4 Å². The first-order chi connectivity index (χ1) is 21.3. The Kier molecular flexibility index (Phi) is 10.1. The van der Waals surface area contributed by atoms with Gasteiger partial charge >= 0.3 is 5.97 Å². The fourth-order valence-electron chi connectivity index (χ4n) is 7.43. The standard InChI is InChI=1S/C33H45N5O5S/c1-4-6-7-14-22-43-31(42)27-26-29(40)37(20-12-8-9-13-21-39)28(33(26)18-17-32(27,3)44-33)30(41)36(19-5-2)23-38-25-16-11-10-15-24(25)34-35-38/h4-5,10-11,15-16,26-28,39H,1-2,6-9,12-14,17-23H2,3H3/t26-,27+,28?,32-,33?/m0/s1. The first-order valence-electron chi connectivity index (χ1n) is 15.9. The average molecular weight is 624 g/mol. The van der Waals surface area contributed by atoms with Gasteiger partial charge in [0, 0.05) is 24.4 Å². The molecule has 2 bridgehead atoms. The van der Waals surface area contributed by atoms with E-state index in [9.17, 15) is 19.5 Å². The summed E-state index contributed by atoms with van der Waals surface area (Å²) in [7, 11) is 0. The Hall–Kier alpha value is -3.18. The molecule has 3 aliphatic rings. The van der Waals surface area contributed by atoms with Crippen molar-refractivity contribution in [2.75, 3.05) is 26.3 Å². The van der Waals surface area contributed by atoms with Crippen molar-refractivity contribution in [3.05, 3.63) is 49.6 Å². The normalized spacial score (nSPS) is 27.1. The molecule has 2 amide bonds. The number of para-hydroxylation sites is 1. The molecule has 1 N–H and O–H groups in total. The Balaban J connectivity index is 1.44. The van der Waals surface area contributed by atoms with Gasteiger partial charge in [-0.15, -0.1) is 30.0 Å². The van der Waals surface area contributed by atoms with Crippen molar-refractivity contribution < 1.29 is 24.2 Å². The molecule has 3 aliphatic heterocycles. The van der Waals surface area contributed by atoms with Gasteiger partial charge in [-0.1, -0.05) is 42.3 Å². The topological polar surface area (TPSA) is 118 Å². The molecule has 0 aliphatic carbocycles. The Labute approximate surface area is 263 Å². The summed E-state index contributed by atoms with van der Waals surface area (Å²) < 4.78 is 6.30. The number of carbonyl (C=O) groups is 3. The smallest absolute Gasteiger partial charge is 0.311 e. The number of aliphatic hydroxyl groups excluding tert-OH is 1. The van der Waals surface area contributed by atoms with Crippen molar-refractivity contribution in [2.45, 2.75) is 86.9 Å². The molecule has 0 saturated carbocycles. The maximum Gasteiger partial charge on any atom is 0.311 e. The number of nitrogens with zero attached hydrogens (tertiary/aromatic N) is 5. The van der Waals surface area contributed by atoms with E-state index < -0.39 is 27.4 Å². The number of carbonyl (C=O) groups excluding carboxylic acids is 3. The zero-order chi connectivity index (χ0) is 31.3. The minimum atomic E-state index is -0.718. The van der Waals surface area contributed by atoms with Gasteiger partial charge in [-0.05, 0) is 64.0 Å². The van der Waals surface area contributed by atoms with Gasteiger partial charge < -0.3 is 19.6 Å². The molecular formula is C33H45N5O5S. The number of thioether (sulfide) groups is 1. The average Bonchev–Trinajstić information content (AvgIpc) is 3.72. The van der Waals surface area contributed by atoms with E-state index in [1.807, 2.05) is 30.3 Å². The number of ether oxygens (including phenoxy) is 1. The molecule has 1 aromatic heterocycles. The molecule has 2 aromatic rings. The van der Waals surface area contributed by atoms with Crippen LogP contribution in [0.15, 0.2) is 49.6 Å². The lowest BCUT2D eigenvalue weighted by atomic mass is 9.66. The van der Waals surface area contributed by atoms with Crippen LogP contribution >= 0.6 is 11.8 Å². The largest absolute Gasteiger partial charge is 0.465 e. The van der Waals surface area contributed by atoms with Crippen LogP contribution in [-0.4, -0.2) is 89.5 Å². The highest BCUT2D eigenvalue weighted by atomic mass is 32.2. The van der Waals surface area contributed by atoms with E-state index in [1.54, 1.807) is 32.3 Å². The quantitative estimate of drug-likeness (QED) is 0.157. The second-order valence-corrected chi connectivity index (χ2v) is 14.3. The van der Waals surface area contributed by atoms with Gasteiger partial charge in [0.15, 0.2) is 0 Å². The molecule has 44 heavy (non-hydrogen) atoms. The molecule has 5 rings (SSSR count). The Morgan fingerprint density at radius 3 is 2.70 bits per heavy atom. The number of hydrogen-bond acceptors (Lipinski definition) is 8. The Morgan fingerprint density at radius 1 is 1.14 bits per heavy atom. The summed E-state index contributed by atoms with van der Waals surface area (Å²) >= 11 is 1.66. The van der Waals surface area contributed by atoms with E-state index >= 15 is 0 Å². The molecule has 238 valence electrons. The second-order valence-electron chi connectivity index (χ2n) is 12.4. The van der Waals surface area contributed by atoms with Crippen molar-refractivity contribution in [1.82, 2.24) is 24.8 Å². The number of esters is 1. The van der Waals surface area contributed by atoms with Crippen molar-refractivity contribution in [3.8, 4) is 0 Å². The SMILES string of the molecule is C=CCCCCOC(=O)[C@H]1[C@H]2C(=O)N(CCCCCCO)C(C(=O)N(CC=C)Cn3nnc4ccccc43)C23CC[C@]1(C)S3. The van der Waals surface area contributed by atoms with Crippen LogP contribution in [-0.2, 0) is 25.8 Å². The van der Waals surface area contributed by atoms with Gasteiger partial charge in [-0.2, -0.15) is 0 Å². The second kappa shape index (κ2) is 13.9. The number of aliphatic hydroxyl groups is 1. The highest BCUT2D eigenvalue weighted by molar-refractivity contribution is 8.02. The summed E-state index contributed by atoms with van der Waals surface area (Å²) in [5.41, 5.74) is 1.55.